The summed E-state index contributed by atoms with van der Waals surface area (Å²) in [7, 11) is 0. The van der Waals surface area contributed by atoms with Gasteiger partial charge in [0.25, 0.3) is 0 Å². The van der Waals surface area contributed by atoms with Crippen LogP contribution >= 0.6 is 0 Å². The molecule has 106 valence electrons. The standard InChI is InChI=1S/C14H12.C3H8O3/c1-3-7-13(8-4-1)11-12-14-9-5-2-6-10-14;4-1-3(6)2-5/h1-12H;3-6H,1-2H2. The molecular weight excluding hydrogens is 252 g/mol. The molecule has 0 radical (unpaired) electrons. The van der Waals surface area contributed by atoms with Crippen molar-refractivity contribution in [1.29, 1.82) is 0 Å². The molecule has 0 atom stereocenters. The van der Waals surface area contributed by atoms with Gasteiger partial charge in [-0.05, 0) is 11.1 Å². The van der Waals surface area contributed by atoms with Crippen LogP contribution in [-0.4, -0.2) is 34.6 Å². The fourth-order valence-electron chi connectivity index (χ4n) is 1.38. The van der Waals surface area contributed by atoms with E-state index in [4.69, 9.17) is 15.3 Å². The molecule has 0 saturated heterocycles. The highest BCUT2D eigenvalue weighted by atomic mass is 16.3. The molecule has 0 bridgehead atoms. The number of rotatable bonds is 4. The summed E-state index contributed by atoms with van der Waals surface area (Å²) in [5.74, 6) is 0. The Hall–Kier alpha value is -1.94. The molecular formula is C17H20O3. The van der Waals surface area contributed by atoms with Crippen molar-refractivity contribution in [3.63, 3.8) is 0 Å². The Morgan fingerprint density at radius 2 is 1.05 bits per heavy atom. The largest absolute Gasteiger partial charge is 0.394 e. The highest BCUT2D eigenvalue weighted by molar-refractivity contribution is 5.69. The number of aliphatic hydroxyl groups is 3. The zero-order chi connectivity index (χ0) is 14.6. The molecule has 3 nitrogen and oxygen atoms in total. The van der Waals surface area contributed by atoms with Gasteiger partial charge in [-0.2, -0.15) is 0 Å². The first-order valence-electron chi connectivity index (χ1n) is 6.44. The SMILES string of the molecule is C(=Cc1ccccc1)c1ccccc1.OCC(O)CO. The van der Waals surface area contributed by atoms with Crippen molar-refractivity contribution in [2.75, 3.05) is 13.2 Å². The summed E-state index contributed by atoms with van der Waals surface area (Å²) in [4.78, 5) is 0. The maximum absolute atomic E-state index is 8.17. The van der Waals surface area contributed by atoms with E-state index in [-0.39, 0.29) is 13.2 Å². The van der Waals surface area contributed by atoms with Crippen LogP contribution in [0.2, 0.25) is 0 Å². The summed E-state index contributed by atoms with van der Waals surface area (Å²) in [6.45, 7) is -0.729. The zero-order valence-electron chi connectivity index (χ0n) is 11.3. The molecule has 0 unspecified atom stereocenters. The van der Waals surface area contributed by atoms with E-state index in [0.717, 1.165) is 0 Å². The summed E-state index contributed by atoms with van der Waals surface area (Å²) in [6, 6.07) is 20.6. The van der Waals surface area contributed by atoms with Crippen molar-refractivity contribution in [3.8, 4) is 0 Å². The van der Waals surface area contributed by atoms with Crippen LogP contribution in [0, 0.1) is 0 Å². The Kier molecular flexibility index (Phi) is 7.99. The van der Waals surface area contributed by atoms with E-state index >= 15 is 0 Å². The highest BCUT2D eigenvalue weighted by Gasteiger charge is 1.93. The van der Waals surface area contributed by atoms with Crippen LogP contribution < -0.4 is 0 Å². The van der Waals surface area contributed by atoms with Gasteiger partial charge in [-0.3, -0.25) is 0 Å². The maximum atomic E-state index is 8.17. The van der Waals surface area contributed by atoms with E-state index in [1.165, 1.54) is 11.1 Å². The second-order valence-electron chi connectivity index (χ2n) is 4.17. The average molecular weight is 272 g/mol. The van der Waals surface area contributed by atoms with Crippen LogP contribution in [0.3, 0.4) is 0 Å². The molecule has 0 aliphatic heterocycles. The summed E-state index contributed by atoms with van der Waals surface area (Å²) in [5, 5.41) is 24.0. The third-order valence-electron chi connectivity index (χ3n) is 2.49. The number of aliphatic hydroxyl groups excluding tert-OH is 3. The second-order valence-corrected chi connectivity index (χ2v) is 4.17. The predicted octanol–water partition coefficient (Wildman–Crippen LogP) is 2.19. The molecule has 3 heteroatoms. The Morgan fingerprint density at radius 1 is 0.700 bits per heavy atom. The van der Waals surface area contributed by atoms with Crippen LogP contribution in [0.4, 0.5) is 0 Å². The fourth-order valence-corrected chi connectivity index (χ4v) is 1.38. The van der Waals surface area contributed by atoms with Crippen molar-refractivity contribution in [2.45, 2.75) is 6.10 Å². The summed E-state index contributed by atoms with van der Waals surface area (Å²) >= 11 is 0. The number of hydrogen-bond acceptors (Lipinski definition) is 3. The van der Waals surface area contributed by atoms with Crippen LogP contribution in [0.25, 0.3) is 12.2 Å². The minimum absolute atomic E-state index is 0.365. The monoisotopic (exact) mass is 272 g/mol. The Morgan fingerprint density at radius 3 is 1.30 bits per heavy atom. The van der Waals surface area contributed by atoms with Gasteiger partial charge in [-0.25, -0.2) is 0 Å². The van der Waals surface area contributed by atoms with Crippen LogP contribution in [0.5, 0.6) is 0 Å². The lowest BCUT2D eigenvalue weighted by Gasteiger charge is -1.96. The maximum Gasteiger partial charge on any atom is 0.100 e. The van der Waals surface area contributed by atoms with E-state index in [9.17, 15) is 0 Å². The topological polar surface area (TPSA) is 60.7 Å². The van der Waals surface area contributed by atoms with E-state index in [1.807, 2.05) is 36.4 Å². The fraction of sp³-hybridized carbons (Fsp3) is 0.176. The lowest BCUT2D eigenvalue weighted by Crippen LogP contribution is -2.15. The van der Waals surface area contributed by atoms with Gasteiger partial charge in [0.1, 0.15) is 6.10 Å². The summed E-state index contributed by atoms with van der Waals surface area (Å²) in [6.07, 6.45) is 3.29. The Labute approximate surface area is 119 Å². The van der Waals surface area contributed by atoms with Gasteiger partial charge >= 0.3 is 0 Å². The molecule has 2 aromatic carbocycles. The Balaban J connectivity index is 0.000000286. The number of hydrogen-bond donors (Lipinski definition) is 3. The lowest BCUT2D eigenvalue weighted by molar-refractivity contribution is 0.0450. The van der Waals surface area contributed by atoms with E-state index in [1.54, 1.807) is 0 Å². The third-order valence-corrected chi connectivity index (χ3v) is 2.49. The van der Waals surface area contributed by atoms with Gasteiger partial charge in [-0.15, -0.1) is 0 Å². The first kappa shape index (κ1) is 16.1. The van der Waals surface area contributed by atoms with Gasteiger partial charge in [-0.1, -0.05) is 72.8 Å². The molecule has 3 N–H and O–H groups in total. The van der Waals surface area contributed by atoms with Gasteiger partial charge in [0.15, 0.2) is 0 Å². The van der Waals surface area contributed by atoms with Crippen molar-refractivity contribution >= 4 is 12.2 Å². The van der Waals surface area contributed by atoms with Crippen molar-refractivity contribution in [3.05, 3.63) is 71.8 Å². The van der Waals surface area contributed by atoms with Crippen molar-refractivity contribution in [1.82, 2.24) is 0 Å². The molecule has 0 aliphatic carbocycles. The van der Waals surface area contributed by atoms with Crippen LogP contribution in [0.1, 0.15) is 11.1 Å². The molecule has 0 aliphatic rings. The Bertz CT molecular complexity index is 435. The number of benzene rings is 2. The van der Waals surface area contributed by atoms with Gasteiger partial charge < -0.3 is 15.3 Å². The minimum atomic E-state index is -0.954. The van der Waals surface area contributed by atoms with Crippen LogP contribution in [-0.2, 0) is 0 Å². The quantitative estimate of drug-likeness (QED) is 0.748. The molecule has 2 aromatic rings. The zero-order valence-corrected chi connectivity index (χ0v) is 11.3. The molecule has 2 rings (SSSR count). The molecule has 0 aromatic heterocycles. The van der Waals surface area contributed by atoms with Gasteiger partial charge in [0, 0.05) is 0 Å². The second kappa shape index (κ2) is 9.92. The first-order valence-corrected chi connectivity index (χ1v) is 6.44. The average Bonchev–Trinajstić information content (AvgIpc) is 2.54. The van der Waals surface area contributed by atoms with Crippen LogP contribution in [0.15, 0.2) is 60.7 Å². The highest BCUT2D eigenvalue weighted by Crippen LogP contribution is 2.06. The first-order chi connectivity index (χ1) is 9.76. The lowest BCUT2D eigenvalue weighted by atomic mass is 10.1. The third kappa shape index (κ3) is 6.85. The summed E-state index contributed by atoms with van der Waals surface area (Å²) in [5.41, 5.74) is 2.47. The smallest absolute Gasteiger partial charge is 0.100 e. The molecule has 0 heterocycles. The molecule has 0 saturated carbocycles. The minimum Gasteiger partial charge on any atom is -0.394 e. The van der Waals surface area contributed by atoms with Gasteiger partial charge in [0.05, 0.1) is 13.2 Å². The van der Waals surface area contributed by atoms with E-state index < -0.39 is 6.10 Å². The predicted molar refractivity (Wildman–Crippen MR) is 82.0 cm³/mol. The molecule has 0 spiro atoms. The van der Waals surface area contributed by atoms with Gasteiger partial charge in [0.2, 0.25) is 0 Å². The summed E-state index contributed by atoms with van der Waals surface area (Å²) < 4.78 is 0. The molecule has 0 amide bonds. The van der Waals surface area contributed by atoms with Crippen molar-refractivity contribution < 1.29 is 15.3 Å². The van der Waals surface area contributed by atoms with E-state index in [2.05, 4.69) is 36.4 Å². The molecule has 0 fully saturated rings. The van der Waals surface area contributed by atoms with E-state index in [0.29, 0.717) is 0 Å². The molecule has 20 heavy (non-hydrogen) atoms. The van der Waals surface area contributed by atoms with Crippen molar-refractivity contribution in [2.24, 2.45) is 0 Å². The normalized spacial score (nSPS) is 10.4.